The Kier molecular flexibility index (Phi) is 8.94. The molecule has 8 heteroatoms. The topological polar surface area (TPSA) is 77.0 Å². The van der Waals surface area contributed by atoms with Crippen molar-refractivity contribution in [1.82, 2.24) is 20.1 Å². The quantitative estimate of drug-likeness (QED) is 0.468. The van der Waals surface area contributed by atoms with Crippen LogP contribution in [0.25, 0.3) is 0 Å². The molecule has 5 rings (SSSR count). The fourth-order valence-corrected chi connectivity index (χ4v) is 7.51. The minimum Gasteiger partial charge on any atom is -0.303 e. The second-order valence-corrected chi connectivity index (χ2v) is 12.6. The van der Waals surface area contributed by atoms with Gasteiger partial charge in [0.05, 0.1) is 11.4 Å². The van der Waals surface area contributed by atoms with Crippen molar-refractivity contribution in [2.24, 2.45) is 10.9 Å². The van der Waals surface area contributed by atoms with E-state index in [0.29, 0.717) is 22.8 Å². The Balaban J connectivity index is 1.19. The lowest BCUT2D eigenvalue weighted by atomic mass is 9.88. The molecule has 2 aliphatic heterocycles. The van der Waals surface area contributed by atoms with E-state index >= 15 is 0 Å². The second kappa shape index (κ2) is 12.6. The minimum absolute atomic E-state index is 0.0574. The van der Waals surface area contributed by atoms with Gasteiger partial charge in [0, 0.05) is 31.2 Å². The minimum atomic E-state index is -3.53. The van der Waals surface area contributed by atoms with Crippen LogP contribution in [0.5, 0.6) is 0 Å². The molecule has 1 saturated heterocycles. The van der Waals surface area contributed by atoms with Crippen LogP contribution < -0.4 is 10.1 Å². The Morgan fingerprint density at radius 3 is 2.37 bits per heavy atom. The first-order chi connectivity index (χ1) is 18.5. The van der Waals surface area contributed by atoms with E-state index in [1.165, 1.54) is 5.56 Å². The highest BCUT2D eigenvalue weighted by molar-refractivity contribution is 7.89. The molecule has 7 nitrogen and oxygen atoms in total. The molecule has 0 bridgehead atoms. The number of benzene rings is 2. The van der Waals surface area contributed by atoms with Crippen molar-refractivity contribution in [3.63, 3.8) is 0 Å². The van der Waals surface area contributed by atoms with Gasteiger partial charge in [0.2, 0.25) is 10.0 Å². The molecule has 1 aliphatic carbocycles. The number of nitrogens with one attached hydrogen (secondary N) is 2. The van der Waals surface area contributed by atoms with Crippen LogP contribution in [0.1, 0.15) is 56.9 Å². The number of amidine groups is 1. The molecule has 2 heterocycles. The summed E-state index contributed by atoms with van der Waals surface area (Å²) in [4.78, 5) is 7.50. The lowest BCUT2D eigenvalue weighted by Gasteiger charge is -2.38. The molecule has 2 aromatic rings. The molecule has 3 atom stereocenters. The maximum absolute atomic E-state index is 13.0. The van der Waals surface area contributed by atoms with E-state index in [-0.39, 0.29) is 6.04 Å². The van der Waals surface area contributed by atoms with Crippen LogP contribution in [0.2, 0.25) is 0 Å². The van der Waals surface area contributed by atoms with Gasteiger partial charge in [-0.1, -0.05) is 55.5 Å². The number of sulfonamides is 1. The van der Waals surface area contributed by atoms with Gasteiger partial charge in [0.15, 0.2) is 0 Å². The van der Waals surface area contributed by atoms with Crippen molar-refractivity contribution in [2.75, 3.05) is 26.2 Å². The van der Waals surface area contributed by atoms with Crippen LogP contribution >= 0.6 is 0 Å². The zero-order valence-electron chi connectivity index (χ0n) is 22.4. The number of piperidine rings is 1. The first-order valence-electron chi connectivity index (χ1n) is 14.1. The molecule has 0 unspecified atom stereocenters. The van der Waals surface area contributed by atoms with Gasteiger partial charge in [0.25, 0.3) is 0 Å². The Morgan fingerprint density at radius 1 is 0.947 bits per heavy atom. The summed E-state index contributed by atoms with van der Waals surface area (Å²) in [6.45, 7) is 6.19. The molecule has 0 spiro atoms. The Bertz CT molecular complexity index is 1190. The molecule has 3 aliphatic rings. The fourth-order valence-electron chi connectivity index (χ4n) is 6.23. The smallest absolute Gasteiger partial charge is 0.240 e. The number of aliphatic imine (C=N–C) groups is 1. The molecule has 2 N–H and O–H groups in total. The Morgan fingerprint density at radius 2 is 1.66 bits per heavy atom. The maximum atomic E-state index is 13.0. The summed E-state index contributed by atoms with van der Waals surface area (Å²) in [5.41, 5.74) is 5.05. The van der Waals surface area contributed by atoms with Gasteiger partial charge in [-0.3, -0.25) is 5.01 Å². The summed E-state index contributed by atoms with van der Waals surface area (Å²) in [6, 6.07) is 19.8. The summed E-state index contributed by atoms with van der Waals surface area (Å²) < 4.78 is 29.1. The maximum Gasteiger partial charge on any atom is 0.240 e. The second-order valence-electron chi connectivity index (χ2n) is 10.9. The van der Waals surface area contributed by atoms with Crippen molar-refractivity contribution in [3.05, 3.63) is 78.5 Å². The molecule has 204 valence electrons. The highest BCUT2D eigenvalue weighted by Gasteiger charge is 2.38. The van der Waals surface area contributed by atoms with E-state index < -0.39 is 10.0 Å². The zero-order valence-corrected chi connectivity index (χ0v) is 23.2. The summed E-state index contributed by atoms with van der Waals surface area (Å²) in [5.74, 6) is 1.91. The average molecular weight is 536 g/mol. The SMILES string of the molecule is CCCC1=NC=CCN1NC1CCN(C[C@H]2C[C@@H](NS(=O)(=O)c3ccccc3)C[C@@H]2c2ccccc2)CC1. The lowest BCUT2D eigenvalue weighted by Crippen LogP contribution is -2.53. The lowest BCUT2D eigenvalue weighted by molar-refractivity contribution is 0.140. The molecule has 1 saturated carbocycles. The predicted octanol–water partition coefficient (Wildman–Crippen LogP) is 4.52. The van der Waals surface area contributed by atoms with Crippen LogP contribution in [-0.2, 0) is 10.0 Å². The van der Waals surface area contributed by atoms with Gasteiger partial charge in [-0.05, 0) is 80.8 Å². The van der Waals surface area contributed by atoms with Crippen molar-refractivity contribution in [2.45, 2.75) is 68.3 Å². The predicted molar refractivity (Wildman–Crippen MR) is 153 cm³/mol. The number of likely N-dealkylation sites (tertiary alicyclic amines) is 1. The highest BCUT2D eigenvalue weighted by atomic mass is 32.2. The summed E-state index contributed by atoms with van der Waals surface area (Å²) in [7, 11) is -3.53. The van der Waals surface area contributed by atoms with E-state index in [2.05, 4.69) is 68.4 Å². The summed E-state index contributed by atoms with van der Waals surface area (Å²) >= 11 is 0. The van der Waals surface area contributed by atoms with Gasteiger partial charge in [-0.25, -0.2) is 23.6 Å². The molecule has 0 radical (unpaired) electrons. The van der Waals surface area contributed by atoms with Crippen molar-refractivity contribution < 1.29 is 8.42 Å². The summed E-state index contributed by atoms with van der Waals surface area (Å²) in [5, 5.41) is 2.23. The van der Waals surface area contributed by atoms with Gasteiger partial charge in [0.1, 0.15) is 5.84 Å². The number of hydrogen-bond acceptors (Lipinski definition) is 6. The third kappa shape index (κ3) is 6.72. The first-order valence-corrected chi connectivity index (χ1v) is 15.6. The first kappa shape index (κ1) is 27.1. The molecule has 0 amide bonds. The molecule has 38 heavy (non-hydrogen) atoms. The monoisotopic (exact) mass is 535 g/mol. The summed E-state index contributed by atoms with van der Waals surface area (Å²) in [6.07, 6.45) is 10.0. The average Bonchev–Trinajstić information content (AvgIpc) is 3.33. The molecule has 2 aromatic carbocycles. The number of hydrazine groups is 1. The molecular formula is C30H41N5O2S. The Hall–Kier alpha value is -2.52. The van der Waals surface area contributed by atoms with E-state index in [4.69, 9.17) is 0 Å². The Labute approximate surface area is 228 Å². The highest BCUT2D eigenvalue weighted by Crippen LogP contribution is 2.41. The third-order valence-corrected chi connectivity index (χ3v) is 9.66. The van der Waals surface area contributed by atoms with E-state index in [9.17, 15) is 8.42 Å². The molecule has 2 fully saturated rings. The van der Waals surface area contributed by atoms with Crippen molar-refractivity contribution >= 4 is 15.9 Å². The van der Waals surface area contributed by atoms with Crippen LogP contribution in [-0.4, -0.2) is 62.4 Å². The third-order valence-electron chi connectivity index (χ3n) is 8.12. The van der Waals surface area contributed by atoms with Crippen LogP contribution in [0.15, 0.2) is 82.8 Å². The number of hydrogen-bond donors (Lipinski definition) is 2. The fraction of sp³-hybridized carbons (Fsp3) is 0.500. The zero-order chi connectivity index (χ0) is 26.4. The molecule has 0 aromatic heterocycles. The van der Waals surface area contributed by atoms with Crippen molar-refractivity contribution in [3.8, 4) is 0 Å². The van der Waals surface area contributed by atoms with Gasteiger partial charge in [-0.15, -0.1) is 0 Å². The number of rotatable bonds is 10. The van der Waals surface area contributed by atoms with Gasteiger partial charge < -0.3 is 4.90 Å². The normalized spacial score (nSPS) is 25.0. The number of nitrogens with zero attached hydrogens (tertiary/aromatic N) is 3. The van der Waals surface area contributed by atoms with E-state index in [1.54, 1.807) is 24.3 Å². The molecular weight excluding hydrogens is 494 g/mol. The van der Waals surface area contributed by atoms with Crippen LogP contribution in [0.4, 0.5) is 0 Å². The van der Waals surface area contributed by atoms with Gasteiger partial charge in [-0.2, -0.15) is 0 Å². The van der Waals surface area contributed by atoms with E-state index in [0.717, 1.165) is 70.5 Å². The standard InChI is InChI=1S/C30H41N5O2S/c1-2-10-30-31-17-9-18-35(30)32-26-15-19-34(20-16-26)23-25-21-27(22-29(25)24-11-5-3-6-12-24)33-38(36,37)28-13-7-4-8-14-28/h3-9,11-14,17,25-27,29,32-33H,2,10,15-16,18-23H2,1H3/t25-,27-,29-/m1/s1. The van der Waals surface area contributed by atoms with Crippen LogP contribution in [0, 0.1) is 5.92 Å². The van der Waals surface area contributed by atoms with Crippen molar-refractivity contribution in [1.29, 1.82) is 0 Å². The van der Waals surface area contributed by atoms with Crippen LogP contribution in [0.3, 0.4) is 0 Å². The van der Waals surface area contributed by atoms with E-state index in [1.807, 2.05) is 12.3 Å². The van der Waals surface area contributed by atoms with Gasteiger partial charge >= 0.3 is 0 Å². The largest absolute Gasteiger partial charge is 0.303 e.